The molecule has 4 amide bonds. The number of phenols is 1. The largest absolute Gasteiger partial charge is 0.504 e. The number of urea groups is 1. The van der Waals surface area contributed by atoms with Crippen molar-refractivity contribution < 1.29 is 24.2 Å². The van der Waals surface area contributed by atoms with Crippen molar-refractivity contribution in [2.45, 2.75) is 27.7 Å². The summed E-state index contributed by atoms with van der Waals surface area (Å²) in [5.74, 6) is -1.29. The Morgan fingerprint density at radius 2 is 1.72 bits per heavy atom. The number of anilines is 1. The van der Waals surface area contributed by atoms with Gasteiger partial charge in [0.2, 0.25) is 0 Å². The number of aryl methyl sites for hydroxylation is 3. The number of rotatable bonds is 4. The summed E-state index contributed by atoms with van der Waals surface area (Å²) >= 11 is 0. The molecule has 2 aromatic carbocycles. The molecule has 1 saturated heterocycles. The Morgan fingerprint density at radius 3 is 2.34 bits per heavy atom. The van der Waals surface area contributed by atoms with Crippen molar-refractivity contribution in [1.29, 1.82) is 0 Å². The highest BCUT2D eigenvalue weighted by Gasteiger charge is 2.38. The molecule has 1 aliphatic rings. The third-order valence-corrected chi connectivity index (χ3v) is 4.56. The van der Waals surface area contributed by atoms with Crippen LogP contribution < -0.4 is 15.0 Å². The van der Waals surface area contributed by atoms with Crippen molar-refractivity contribution in [1.82, 2.24) is 5.32 Å². The standard InChI is InChI=1S/C22H22N2O5/c1-5-29-18-11-15(6-7-17(18)25)10-16-20(26)23-22(28)24(21(16)27)19-13(3)8-12(2)9-14(19)4/h6-11,25H,5H2,1-4H3,(H,23,26,28). The zero-order chi connectivity index (χ0) is 21.3. The summed E-state index contributed by atoms with van der Waals surface area (Å²) in [7, 11) is 0. The molecule has 150 valence electrons. The van der Waals surface area contributed by atoms with Gasteiger partial charge in [0.25, 0.3) is 11.8 Å². The average molecular weight is 394 g/mol. The third kappa shape index (κ3) is 3.85. The number of hydrogen-bond donors (Lipinski definition) is 2. The molecule has 1 heterocycles. The van der Waals surface area contributed by atoms with Crippen LogP contribution in [0.2, 0.25) is 0 Å². The van der Waals surface area contributed by atoms with Crippen molar-refractivity contribution in [2.75, 3.05) is 11.5 Å². The fraction of sp³-hybridized carbons (Fsp3) is 0.227. The van der Waals surface area contributed by atoms with E-state index >= 15 is 0 Å². The summed E-state index contributed by atoms with van der Waals surface area (Å²) in [5.41, 5.74) is 3.27. The van der Waals surface area contributed by atoms with Crippen LogP contribution in [0.5, 0.6) is 11.5 Å². The molecule has 0 aromatic heterocycles. The summed E-state index contributed by atoms with van der Waals surface area (Å²) in [5, 5.41) is 12.1. The van der Waals surface area contributed by atoms with Gasteiger partial charge in [-0.3, -0.25) is 14.9 Å². The van der Waals surface area contributed by atoms with E-state index in [1.165, 1.54) is 18.2 Å². The van der Waals surface area contributed by atoms with Crippen molar-refractivity contribution in [2.24, 2.45) is 0 Å². The van der Waals surface area contributed by atoms with Gasteiger partial charge in [0.1, 0.15) is 5.57 Å². The van der Waals surface area contributed by atoms with E-state index < -0.39 is 17.8 Å². The Balaban J connectivity index is 2.06. The number of carbonyl (C=O) groups excluding carboxylic acids is 3. The van der Waals surface area contributed by atoms with Gasteiger partial charge >= 0.3 is 6.03 Å². The summed E-state index contributed by atoms with van der Waals surface area (Å²) in [6.07, 6.45) is 1.37. The fourth-order valence-electron chi connectivity index (χ4n) is 3.44. The van der Waals surface area contributed by atoms with Gasteiger partial charge in [-0.1, -0.05) is 23.8 Å². The van der Waals surface area contributed by atoms with E-state index in [1.54, 1.807) is 13.0 Å². The topological polar surface area (TPSA) is 95.9 Å². The third-order valence-electron chi connectivity index (χ3n) is 4.56. The lowest BCUT2D eigenvalue weighted by Crippen LogP contribution is -2.54. The number of phenolic OH excluding ortho intramolecular Hbond substituents is 1. The van der Waals surface area contributed by atoms with Crippen LogP contribution in [0.1, 0.15) is 29.2 Å². The van der Waals surface area contributed by atoms with Crippen molar-refractivity contribution in [3.8, 4) is 11.5 Å². The van der Waals surface area contributed by atoms with Gasteiger partial charge < -0.3 is 9.84 Å². The molecular weight excluding hydrogens is 372 g/mol. The zero-order valence-electron chi connectivity index (χ0n) is 16.7. The molecule has 7 heteroatoms. The lowest BCUT2D eigenvalue weighted by molar-refractivity contribution is -0.122. The van der Waals surface area contributed by atoms with Gasteiger partial charge in [0.15, 0.2) is 11.5 Å². The zero-order valence-corrected chi connectivity index (χ0v) is 16.7. The minimum Gasteiger partial charge on any atom is -0.504 e. The first kappa shape index (κ1) is 20.1. The number of carbonyl (C=O) groups is 3. The van der Waals surface area contributed by atoms with Crippen LogP contribution in [-0.4, -0.2) is 29.6 Å². The molecule has 0 atom stereocenters. The monoisotopic (exact) mass is 394 g/mol. The molecule has 2 N–H and O–H groups in total. The Bertz CT molecular complexity index is 1030. The molecular formula is C22H22N2O5. The van der Waals surface area contributed by atoms with E-state index in [2.05, 4.69) is 5.32 Å². The SMILES string of the molecule is CCOc1cc(C=C2C(=O)NC(=O)N(c3c(C)cc(C)cc3C)C2=O)ccc1O. The molecule has 0 bridgehead atoms. The van der Waals surface area contributed by atoms with Gasteiger partial charge in [-0.15, -0.1) is 0 Å². The van der Waals surface area contributed by atoms with Crippen LogP contribution in [-0.2, 0) is 9.59 Å². The smallest absolute Gasteiger partial charge is 0.335 e. The second-order valence-corrected chi connectivity index (χ2v) is 6.87. The first-order valence-corrected chi connectivity index (χ1v) is 9.18. The highest BCUT2D eigenvalue weighted by molar-refractivity contribution is 6.39. The second kappa shape index (κ2) is 7.79. The number of nitrogens with zero attached hydrogens (tertiary/aromatic N) is 1. The van der Waals surface area contributed by atoms with E-state index in [4.69, 9.17) is 4.74 Å². The minimum atomic E-state index is -0.784. The fourth-order valence-corrected chi connectivity index (χ4v) is 3.44. The number of ether oxygens (including phenoxy) is 1. The first-order valence-electron chi connectivity index (χ1n) is 9.18. The van der Waals surface area contributed by atoms with E-state index in [9.17, 15) is 19.5 Å². The molecule has 0 radical (unpaired) electrons. The maximum atomic E-state index is 13.1. The Hall–Kier alpha value is -3.61. The second-order valence-electron chi connectivity index (χ2n) is 6.87. The lowest BCUT2D eigenvalue weighted by Gasteiger charge is -2.29. The Morgan fingerprint density at radius 1 is 1.07 bits per heavy atom. The van der Waals surface area contributed by atoms with Crippen LogP contribution in [0.15, 0.2) is 35.9 Å². The highest BCUT2D eigenvalue weighted by Crippen LogP contribution is 2.31. The lowest BCUT2D eigenvalue weighted by atomic mass is 10.0. The number of nitrogens with one attached hydrogen (secondary N) is 1. The summed E-state index contributed by atoms with van der Waals surface area (Å²) < 4.78 is 5.34. The van der Waals surface area contributed by atoms with Crippen LogP contribution >= 0.6 is 0 Å². The summed E-state index contributed by atoms with van der Waals surface area (Å²) in [4.78, 5) is 39.0. The van der Waals surface area contributed by atoms with Gasteiger partial charge in [0, 0.05) is 0 Å². The Kier molecular flexibility index (Phi) is 5.41. The predicted molar refractivity (Wildman–Crippen MR) is 109 cm³/mol. The maximum absolute atomic E-state index is 13.1. The number of imide groups is 2. The molecule has 3 rings (SSSR count). The molecule has 29 heavy (non-hydrogen) atoms. The number of amides is 4. The van der Waals surface area contributed by atoms with Crippen LogP contribution in [0.4, 0.5) is 10.5 Å². The summed E-state index contributed by atoms with van der Waals surface area (Å²) in [6.45, 7) is 7.67. The van der Waals surface area contributed by atoms with E-state index in [1.807, 2.05) is 32.9 Å². The maximum Gasteiger partial charge on any atom is 0.335 e. The van der Waals surface area contributed by atoms with Crippen molar-refractivity contribution >= 4 is 29.6 Å². The van der Waals surface area contributed by atoms with E-state index in [0.717, 1.165) is 21.6 Å². The summed E-state index contributed by atoms with van der Waals surface area (Å²) in [6, 6.07) is 7.45. The number of barbiturate groups is 1. The first-order chi connectivity index (χ1) is 13.7. The van der Waals surface area contributed by atoms with Gasteiger partial charge in [0.05, 0.1) is 12.3 Å². The van der Waals surface area contributed by atoms with Crippen LogP contribution in [0.3, 0.4) is 0 Å². The number of benzene rings is 2. The van der Waals surface area contributed by atoms with Gasteiger partial charge in [-0.2, -0.15) is 0 Å². The van der Waals surface area contributed by atoms with Crippen LogP contribution in [0.25, 0.3) is 6.08 Å². The molecule has 2 aromatic rings. The molecule has 0 unspecified atom stereocenters. The van der Waals surface area contributed by atoms with Crippen molar-refractivity contribution in [3.05, 3.63) is 58.2 Å². The van der Waals surface area contributed by atoms with Crippen LogP contribution in [0, 0.1) is 20.8 Å². The normalized spacial score (nSPS) is 15.7. The minimum absolute atomic E-state index is 0.0452. The number of aromatic hydroxyl groups is 1. The molecule has 1 fully saturated rings. The quantitative estimate of drug-likeness (QED) is 0.612. The predicted octanol–water partition coefficient (Wildman–Crippen LogP) is 3.38. The average Bonchev–Trinajstić information content (AvgIpc) is 2.63. The molecule has 0 saturated carbocycles. The van der Waals surface area contributed by atoms with Crippen molar-refractivity contribution in [3.63, 3.8) is 0 Å². The molecule has 0 aliphatic carbocycles. The molecule has 0 spiro atoms. The van der Waals surface area contributed by atoms with E-state index in [-0.39, 0.29) is 17.1 Å². The number of hydrogen-bond acceptors (Lipinski definition) is 5. The molecule has 1 aliphatic heterocycles. The van der Waals surface area contributed by atoms with Gasteiger partial charge in [-0.25, -0.2) is 9.69 Å². The van der Waals surface area contributed by atoms with E-state index in [0.29, 0.717) is 17.9 Å². The molecule has 7 nitrogen and oxygen atoms in total. The Labute approximate surface area is 168 Å². The highest BCUT2D eigenvalue weighted by atomic mass is 16.5. The van der Waals surface area contributed by atoms with Gasteiger partial charge in [-0.05, 0) is 62.6 Å².